The molecule has 0 aliphatic carbocycles. The van der Waals surface area contributed by atoms with Crippen LogP contribution >= 0.6 is 0 Å². The molecule has 1 saturated heterocycles. The van der Waals surface area contributed by atoms with E-state index in [1.54, 1.807) is 4.90 Å². The minimum Gasteiger partial charge on any atom is -0.354 e. The van der Waals surface area contributed by atoms with Gasteiger partial charge in [0.2, 0.25) is 5.91 Å². The lowest BCUT2D eigenvalue weighted by atomic mass is 9.95. The SMILES string of the molecule is Cc1nc2ccccc2n1CCNC(=O)C1CCN(C(=O)c2ccc(F)cc2)CC1. The number of hydrogen-bond donors (Lipinski definition) is 1. The van der Waals surface area contributed by atoms with E-state index in [4.69, 9.17) is 0 Å². The van der Waals surface area contributed by atoms with E-state index >= 15 is 0 Å². The maximum absolute atomic E-state index is 13.0. The van der Waals surface area contributed by atoms with Crippen LogP contribution in [0.4, 0.5) is 4.39 Å². The van der Waals surface area contributed by atoms with Gasteiger partial charge in [-0.2, -0.15) is 0 Å². The number of halogens is 1. The Bertz CT molecular complexity index is 1050. The van der Waals surface area contributed by atoms with Gasteiger partial charge in [-0.05, 0) is 56.2 Å². The highest BCUT2D eigenvalue weighted by Gasteiger charge is 2.27. The van der Waals surface area contributed by atoms with E-state index in [2.05, 4.69) is 14.9 Å². The number of rotatable bonds is 5. The van der Waals surface area contributed by atoms with Crippen LogP contribution in [-0.2, 0) is 11.3 Å². The van der Waals surface area contributed by atoms with E-state index in [1.807, 2.05) is 31.2 Å². The first-order valence-electron chi connectivity index (χ1n) is 10.3. The topological polar surface area (TPSA) is 67.2 Å². The van der Waals surface area contributed by atoms with Crippen molar-refractivity contribution < 1.29 is 14.0 Å². The highest BCUT2D eigenvalue weighted by atomic mass is 19.1. The lowest BCUT2D eigenvalue weighted by molar-refractivity contribution is -0.126. The van der Waals surface area contributed by atoms with Gasteiger partial charge in [0.15, 0.2) is 0 Å². The second-order valence-corrected chi connectivity index (χ2v) is 7.66. The first-order chi connectivity index (χ1) is 14.5. The van der Waals surface area contributed by atoms with Crippen LogP contribution in [0.5, 0.6) is 0 Å². The maximum Gasteiger partial charge on any atom is 0.253 e. The van der Waals surface area contributed by atoms with Crippen LogP contribution in [0.15, 0.2) is 48.5 Å². The lowest BCUT2D eigenvalue weighted by Gasteiger charge is -2.31. The van der Waals surface area contributed by atoms with E-state index in [-0.39, 0.29) is 23.5 Å². The summed E-state index contributed by atoms with van der Waals surface area (Å²) in [6.45, 7) is 4.23. The van der Waals surface area contributed by atoms with Gasteiger partial charge in [0, 0.05) is 37.7 Å². The highest BCUT2D eigenvalue weighted by Crippen LogP contribution is 2.20. The molecular weight excluding hydrogens is 383 g/mol. The Hall–Kier alpha value is -3.22. The van der Waals surface area contributed by atoms with Crippen LogP contribution < -0.4 is 5.32 Å². The Morgan fingerprint density at radius 3 is 2.53 bits per heavy atom. The smallest absolute Gasteiger partial charge is 0.253 e. The van der Waals surface area contributed by atoms with Crippen molar-refractivity contribution in [2.24, 2.45) is 5.92 Å². The fourth-order valence-corrected chi connectivity index (χ4v) is 4.03. The number of hydrogen-bond acceptors (Lipinski definition) is 3. The summed E-state index contributed by atoms with van der Waals surface area (Å²) in [5, 5.41) is 3.03. The molecule has 0 atom stereocenters. The normalized spacial score (nSPS) is 14.8. The number of aryl methyl sites for hydroxylation is 1. The number of benzene rings is 2. The number of nitrogens with zero attached hydrogens (tertiary/aromatic N) is 3. The zero-order valence-electron chi connectivity index (χ0n) is 17.0. The number of carbonyl (C=O) groups is 2. The molecule has 1 aromatic heterocycles. The van der Waals surface area contributed by atoms with E-state index in [9.17, 15) is 14.0 Å². The summed E-state index contributed by atoms with van der Waals surface area (Å²) in [7, 11) is 0. The second kappa shape index (κ2) is 8.65. The molecule has 1 aliphatic rings. The van der Waals surface area contributed by atoms with E-state index in [1.165, 1.54) is 24.3 Å². The van der Waals surface area contributed by atoms with Crippen molar-refractivity contribution in [2.75, 3.05) is 19.6 Å². The quantitative estimate of drug-likeness (QED) is 0.705. The predicted molar refractivity (Wildman–Crippen MR) is 113 cm³/mol. The number of piperidine rings is 1. The van der Waals surface area contributed by atoms with Crippen molar-refractivity contribution in [3.05, 3.63) is 65.7 Å². The Morgan fingerprint density at radius 2 is 1.80 bits per heavy atom. The van der Waals surface area contributed by atoms with Crippen molar-refractivity contribution in [2.45, 2.75) is 26.3 Å². The number of para-hydroxylation sites is 2. The van der Waals surface area contributed by atoms with Gasteiger partial charge in [0.25, 0.3) is 5.91 Å². The summed E-state index contributed by atoms with van der Waals surface area (Å²) < 4.78 is 15.2. The van der Waals surface area contributed by atoms with Crippen LogP contribution in [0.1, 0.15) is 29.0 Å². The summed E-state index contributed by atoms with van der Waals surface area (Å²) in [6, 6.07) is 13.5. The molecule has 2 heterocycles. The van der Waals surface area contributed by atoms with Gasteiger partial charge in [-0.3, -0.25) is 9.59 Å². The summed E-state index contributed by atoms with van der Waals surface area (Å²) in [4.78, 5) is 31.4. The van der Waals surface area contributed by atoms with Crippen LogP contribution in [0.2, 0.25) is 0 Å². The third-order valence-electron chi connectivity index (χ3n) is 5.72. The molecule has 0 spiro atoms. The monoisotopic (exact) mass is 408 g/mol. The molecule has 3 aromatic rings. The molecule has 2 aromatic carbocycles. The summed E-state index contributed by atoms with van der Waals surface area (Å²) in [5.41, 5.74) is 2.50. The van der Waals surface area contributed by atoms with E-state index in [0.717, 1.165) is 16.9 Å². The van der Waals surface area contributed by atoms with Crippen molar-refractivity contribution in [1.82, 2.24) is 19.8 Å². The van der Waals surface area contributed by atoms with Crippen LogP contribution in [0, 0.1) is 18.7 Å². The fraction of sp³-hybridized carbons (Fsp3) is 0.348. The first-order valence-corrected chi connectivity index (χ1v) is 10.3. The second-order valence-electron chi connectivity index (χ2n) is 7.66. The number of imidazole rings is 1. The van der Waals surface area contributed by atoms with Crippen LogP contribution in [0.25, 0.3) is 11.0 Å². The fourth-order valence-electron chi connectivity index (χ4n) is 4.03. The van der Waals surface area contributed by atoms with E-state index < -0.39 is 0 Å². The number of aromatic nitrogens is 2. The van der Waals surface area contributed by atoms with E-state index in [0.29, 0.717) is 44.6 Å². The Labute approximate surface area is 174 Å². The molecule has 30 heavy (non-hydrogen) atoms. The van der Waals surface area contributed by atoms with Gasteiger partial charge in [-0.1, -0.05) is 12.1 Å². The number of carbonyl (C=O) groups excluding carboxylic acids is 2. The molecule has 4 rings (SSSR count). The largest absolute Gasteiger partial charge is 0.354 e. The van der Waals surface area contributed by atoms with Crippen LogP contribution in [-0.4, -0.2) is 45.9 Å². The number of amides is 2. The Balaban J connectivity index is 1.27. The molecule has 1 aliphatic heterocycles. The summed E-state index contributed by atoms with van der Waals surface area (Å²) in [6.07, 6.45) is 1.26. The number of fused-ring (bicyclic) bond motifs is 1. The third-order valence-corrected chi connectivity index (χ3v) is 5.72. The molecular formula is C23H25FN4O2. The van der Waals surface area contributed by atoms with Crippen molar-refractivity contribution in [1.29, 1.82) is 0 Å². The van der Waals surface area contributed by atoms with Crippen molar-refractivity contribution >= 4 is 22.8 Å². The van der Waals surface area contributed by atoms with Crippen LogP contribution in [0.3, 0.4) is 0 Å². The van der Waals surface area contributed by atoms with Gasteiger partial charge in [0.05, 0.1) is 11.0 Å². The predicted octanol–water partition coefficient (Wildman–Crippen LogP) is 3.15. The zero-order valence-corrected chi connectivity index (χ0v) is 17.0. The number of likely N-dealkylation sites (tertiary alicyclic amines) is 1. The van der Waals surface area contributed by atoms with Gasteiger partial charge < -0.3 is 14.8 Å². The lowest BCUT2D eigenvalue weighted by Crippen LogP contribution is -2.43. The van der Waals surface area contributed by atoms with Gasteiger partial charge >= 0.3 is 0 Å². The van der Waals surface area contributed by atoms with Crippen molar-refractivity contribution in [3.63, 3.8) is 0 Å². The molecule has 1 fully saturated rings. The minimum atomic E-state index is -0.360. The average Bonchev–Trinajstić information content (AvgIpc) is 3.09. The molecule has 156 valence electrons. The Kier molecular flexibility index (Phi) is 5.79. The van der Waals surface area contributed by atoms with Gasteiger partial charge in [-0.25, -0.2) is 9.37 Å². The maximum atomic E-state index is 13.0. The minimum absolute atomic E-state index is 0.0333. The molecule has 0 unspecified atom stereocenters. The first kappa shape index (κ1) is 20.1. The molecule has 0 radical (unpaired) electrons. The molecule has 7 heteroatoms. The summed E-state index contributed by atoms with van der Waals surface area (Å²) in [5.74, 6) is 0.393. The molecule has 0 saturated carbocycles. The molecule has 0 bridgehead atoms. The zero-order chi connectivity index (χ0) is 21.1. The standard InChI is InChI=1S/C23H25FN4O2/c1-16-26-20-4-2-3-5-21(20)28(16)15-12-25-22(29)17-10-13-27(14-11-17)23(30)18-6-8-19(24)9-7-18/h2-9,17H,10-15H2,1H3,(H,25,29). The highest BCUT2D eigenvalue weighted by molar-refractivity contribution is 5.94. The van der Waals surface area contributed by atoms with Crippen molar-refractivity contribution in [3.8, 4) is 0 Å². The number of nitrogens with one attached hydrogen (secondary N) is 1. The molecule has 1 N–H and O–H groups in total. The summed E-state index contributed by atoms with van der Waals surface area (Å²) >= 11 is 0. The average molecular weight is 408 g/mol. The third kappa shape index (κ3) is 4.20. The molecule has 6 nitrogen and oxygen atoms in total. The van der Waals surface area contributed by atoms with Gasteiger partial charge in [-0.15, -0.1) is 0 Å². The molecule has 2 amide bonds. The Morgan fingerprint density at radius 1 is 1.10 bits per heavy atom. The van der Waals surface area contributed by atoms with Gasteiger partial charge in [0.1, 0.15) is 11.6 Å².